The normalized spacial score (nSPS) is 11.4. The first kappa shape index (κ1) is 15.4. The van der Waals surface area contributed by atoms with Crippen molar-refractivity contribution in [2.24, 2.45) is 0 Å². The quantitative estimate of drug-likeness (QED) is 0.940. The van der Waals surface area contributed by atoms with E-state index in [2.05, 4.69) is 10.3 Å². The topological polar surface area (TPSA) is 69.0 Å². The Morgan fingerprint density at radius 3 is 2.73 bits per heavy atom. The van der Waals surface area contributed by atoms with Crippen molar-refractivity contribution in [1.82, 2.24) is 10.3 Å². The fourth-order valence-corrected chi connectivity index (χ4v) is 1.92. The summed E-state index contributed by atoms with van der Waals surface area (Å²) < 4.78 is 13.7. The van der Waals surface area contributed by atoms with Crippen LogP contribution in [0.3, 0.4) is 0 Å². The molecule has 112 valence electrons. The maximum Gasteiger partial charge on any atom is 0.271 e. The number of nitriles is 1. The third-order valence-corrected chi connectivity index (χ3v) is 3.11. The number of anilines is 1. The molecule has 1 aromatic carbocycles. The molecule has 0 saturated carbocycles. The Hall–Kier alpha value is -2.94. The molecule has 0 bridgehead atoms. The number of hydrogen-bond donors (Lipinski definition) is 1. The van der Waals surface area contributed by atoms with Crippen molar-refractivity contribution in [3.8, 4) is 6.07 Å². The smallest absolute Gasteiger partial charge is 0.271 e. The summed E-state index contributed by atoms with van der Waals surface area (Å²) in [5.74, 6) is -1.07. The van der Waals surface area contributed by atoms with Crippen molar-refractivity contribution in [2.75, 3.05) is 19.0 Å². The number of rotatable bonds is 4. The summed E-state index contributed by atoms with van der Waals surface area (Å²) in [7, 11) is 3.68. The van der Waals surface area contributed by atoms with Gasteiger partial charge in [0.2, 0.25) is 0 Å². The van der Waals surface area contributed by atoms with Gasteiger partial charge in [0, 0.05) is 31.5 Å². The predicted octanol–water partition coefficient (Wildman–Crippen LogP) is 2.28. The van der Waals surface area contributed by atoms with E-state index in [1.165, 1.54) is 24.4 Å². The Balaban J connectivity index is 2.22. The molecule has 1 aromatic heterocycles. The number of nitrogens with zero attached hydrogens (tertiary/aromatic N) is 3. The van der Waals surface area contributed by atoms with E-state index in [9.17, 15) is 14.4 Å². The molecule has 0 unspecified atom stereocenters. The Morgan fingerprint density at radius 2 is 2.09 bits per heavy atom. The van der Waals surface area contributed by atoms with Crippen LogP contribution in [0.4, 0.5) is 10.1 Å². The average molecular weight is 298 g/mol. The van der Waals surface area contributed by atoms with Gasteiger partial charge in [0.15, 0.2) is 0 Å². The van der Waals surface area contributed by atoms with Gasteiger partial charge in [-0.2, -0.15) is 5.26 Å². The Morgan fingerprint density at radius 1 is 1.36 bits per heavy atom. The van der Waals surface area contributed by atoms with Gasteiger partial charge < -0.3 is 10.2 Å². The minimum absolute atomic E-state index is 0.127. The highest BCUT2D eigenvalue weighted by Gasteiger charge is 2.19. The largest absolute Gasteiger partial charge is 0.378 e. The van der Waals surface area contributed by atoms with Crippen LogP contribution < -0.4 is 10.2 Å². The molecule has 22 heavy (non-hydrogen) atoms. The molecular formula is C16H15FN4O. The van der Waals surface area contributed by atoms with E-state index >= 15 is 0 Å². The predicted molar refractivity (Wildman–Crippen MR) is 80.8 cm³/mol. The number of amides is 1. The fraction of sp³-hybridized carbons (Fsp3) is 0.188. The molecule has 6 heteroatoms. The number of hydrogen-bond acceptors (Lipinski definition) is 4. The highest BCUT2D eigenvalue weighted by atomic mass is 19.1. The summed E-state index contributed by atoms with van der Waals surface area (Å²) >= 11 is 0. The van der Waals surface area contributed by atoms with Crippen molar-refractivity contribution < 1.29 is 9.18 Å². The maximum absolute atomic E-state index is 13.7. The van der Waals surface area contributed by atoms with Crippen molar-refractivity contribution in [3.63, 3.8) is 0 Å². The van der Waals surface area contributed by atoms with E-state index in [0.717, 1.165) is 5.69 Å². The molecule has 0 saturated heterocycles. The molecule has 0 aliphatic carbocycles. The van der Waals surface area contributed by atoms with Crippen molar-refractivity contribution in [2.45, 2.75) is 6.04 Å². The monoisotopic (exact) mass is 298 g/mol. The van der Waals surface area contributed by atoms with Crippen LogP contribution in [0.5, 0.6) is 0 Å². The van der Waals surface area contributed by atoms with Crippen LogP contribution >= 0.6 is 0 Å². The third kappa shape index (κ3) is 3.38. The standard InChI is InChI=1S/C16H15FN4O/c1-21(2)11-7-8-19-14(9-11)16(22)20-15(10-18)12-5-3-4-6-13(12)17/h3-9,15H,1-2H3,(H,20,22)/t15-/m0/s1. The van der Waals surface area contributed by atoms with E-state index in [0.29, 0.717) is 0 Å². The second kappa shape index (κ2) is 6.68. The van der Waals surface area contributed by atoms with E-state index in [4.69, 9.17) is 0 Å². The van der Waals surface area contributed by atoms with Gasteiger partial charge in [-0.25, -0.2) is 4.39 Å². The lowest BCUT2D eigenvalue weighted by Gasteiger charge is -2.15. The van der Waals surface area contributed by atoms with E-state index in [1.807, 2.05) is 25.1 Å². The number of benzene rings is 1. The molecule has 0 radical (unpaired) electrons. The molecule has 0 spiro atoms. The van der Waals surface area contributed by atoms with Crippen LogP contribution in [-0.4, -0.2) is 25.0 Å². The summed E-state index contributed by atoms with van der Waals surface area (Å²) in [6.07, 6.45) is 1.51. The van der Waals surface area contributed by atoms with Gasteiger partial charge in [-0.05, 0) is 18.2 Å². The number of carbonyl (C=O) groups excluding carboxylic acids is 1. The Kier molecular flexibility index (Phi) is 4.69. The van der Waals surface area contributed by atoms with Crippen LogP contribution in [0.25, 0.3) is 0 Å². The summed E-state index contributed by atoms with van der Waals surface area (Å²) in [6, 6.07) is 10.0. The first-order chi connectivity index (χ1) is 10.5. The summed E-state index contributed by atoms with van der Waals surface area (Å²) in [4.78, 5) is 18.0. The van der Waals surface area contributed by atoms with Crippen LogP contribution in [0, 0.1) is 17.1 Å². The highest BCUT2D eigenvalue weighted by molar-refractivity contribution is 5.93. The molecule has 1 heterocycles. The minimum atomic E-state index is -1.07. The van der Waals surface area contributed by atoms with Crippen molar-refractivity contribution in [3.05, 3.63) is 59.7 Å². The number of aromatic nitrogens is 1. The zero-order chi connectivity index (χ0) is 16.1. The van der Waals surface area contributed by atoms with Gasteiger partial charge in [-0.15, -0.1) is 0 Å². The highest BCUT2D eigenvalue weighted by Crippen LogP contribution is 2.17. The lowest BCUT2D eigenvalue weighted by Crippen LogP contribution is -2.29. The van der Waals surface area contributed by atoms with Gasteiger partial charge in [-0.3, -0.25) is 9.78 Å². The fourth-order valence-electron chi connectivity index (χ4n) is 1.92. The van der Waals surface area contributed by atoms with E-state index in [1.54, 1.807) is 18.2 Å². The average Bonchev–Trinajstić information content (AvgIpc) is 2.53. The lowest BCUT2D eigenvalue weighted by atomic mass is 10.1. The molecule has 2 aromatic rings. The molecule has 1 atom stereocenters. The minimum Gasteiger partial charge on any atom is -0.378 e. The van der Waals surface area contributed by atoms with Crippen LogP contribution in [0.1, 0.15) is 22.1 Å². The zero-order valence-electron chi connectivity index (χ0n) is 12.2. The Bertz CT molecular complexity index is 724. The Labute approximate surface area is 128 Å². The van der Waals surface area contributed by atoms with Crippen LogP contribution in [0.2, 0.25) is 0 Å². The first-order valence-electron chi connectivity index (χ1n) is 6.61. The number of carbonyl (C=O) groups is 1. The summed E-state index contributed by atoms with van der Waals surface area (Å²) in [5, 5.41) is 11.7. The molecule has 0 aliphatic rings. The van der Waals surface area contributed by atoms with Crippen molar-refractivity contribution in [1.29, 1.82) is 5.26 Å². The van der Waals surface area contributed by atoms with Gasteiger partial charge >= 0.3 is 0 Å². The molecule has 5 nitrogen and oxygen atoms in total. The van der Waals surface area contributed by atoms with Gasteiger partial charge in [-0.1, -0.05) is 18.2 Å². The van der Waals surface area contributed by atoms with Gasteiger partial charge in [0.25, 0.3) is 5.91 Å². The molecular weight excluding hydrogens is 283 g/mol. The maximum atomic E-state index is 13.7. The second-order valence-electron chi connectivity index (χ2n) is 4.85. The summed E-state index contributed by atoms with van der Waals surface area (Å²) in [6.45, 7) is 0. The van der Waals surface area contributed by atoms with E-state index in [-0.39, 0.29) is 11.3 Å². The number of pyridine rings is 1. The van der Waals surface area contributed by atoms with Gasteiger partial charge in [0.05, 0.1) is 6.07 Å². The van der Waals surface area contributed by atoms with Crippen molar-refractivity contribution >= 4 is 11.6 Å². The first-order valence-corrected chi connectivity index (χ1v) is 6.61. The second-order valence-corrected chi connectivity index (χ2v) is 4.85. The van der Waals surface area contributed by atoms with E-state index < -0.39 is 17.8 Å². The molecule has 0 aliphatic heterocycles. The zero-order valence-corrected chi connectivity index (χ0v) is 12.2. The molecule has 2 rings (SSSR count). The van der Waals surface area contributed by atoms with Crippen LogP contribution in [-0.2, 0) is 0 Å². The third-order valence-electron chi connectivity index (χ3n) is 3.11. The molecule has 1 N–H and O–H groups in total. The summed E-state index contributed by atoms with van der Waals surface area (Å²) in [5.41, 5.74) is 1.10. The SMILES string of the molecule is CN(C)c1ccnc(C(=O)N[C@@H](C#N)c2ccccc2F)c1. The molecule has 0 fully saturated rings. The van der Waals surface area contributed by atoms with Gasteiger partial charge in [0.1, 0.15) is 17.6 Å². The molecule has 1 amide bonds. The van der Waals surface area contributed by atoms with Crippen LogP contribution in [0.15, 0.2) is 42.6 Å². The number of halogens is 1. The number of nitrogens with one attached hydrogen (secondary N) is 1. The lowest BCUT2D eigenvalue weighted by molar-refractivity contribution is 0.0940.